The molecule has 0 spiro atoms. The van der Waals surface area contributed by atoms with Crippen molar-refractivity contribution in [1.29, 1.82) is 0 Å². The van der Waals surface area contributed by atoms with Crippen molar-refractivity contribution in [3.63, 3.8) is 0 Å². The van der Waals surface area contributed by atoms with Crippen molar-refractivity contribution in [3.8, 4) is 17.3 Å². The highest BCUT2D eigenvalue weighted by molar-refractivity contribution is 6.04. The van der Waals surface area contributed by atoms with Crippen LogP contribution in [-0.4, -0.2) is 30.5 Å². The van der Waals surface area contributed by atoms with Crippen LogP contribution in [0.5, 0.6) is 0 Å². The van der Waals surface area contributed by atoms with E-state index in [1.807, 2.05) is 0 Å². The lowest BCUT2D eigenvalue weighted by molar-refractivity contribution is -0.142. The van der Waals surface area contributed by atoms with Crippen LogP contribution in [0.4, 0.5) is 32.2 Å². The first-order valence-electron chi connectivity index (χ1n) is 9.08. The summed E-state index contributed by atoms with van der Waals surface area (Å²) in [6, 6.07) is 4.07. The Labute approximate surface area is 184 Å². The number of aryl methyl sites for hydroxylation is 1. The van der Waals surface area contributed by atoms with Gasteiger partial charge in [-0.15, -0.1) is 5.10 Å². The Balaban J connectivity index is 1.64. The van der Waals surface area contributed by atoms with Gasteiger partial charge in [0.05, 0.1) is 17.4 Å². The van der Waals surface area contributed by atoms with Crippen LogP contribution in [0.3, 0.4) is 0 Å². The molecule has 15 heteroatoms. The minimum absolute atomic E-state index is 0.200. The second-order valence-electron chi connectivity index (χ2n) is 6.70. The predicted octanol–water partition coefficient (Wildman–Crippen LogP) is 3.31. The highest BCUT2D eigenvalue weighted by Crippen LogP contribution is 2.33. The summed E-state index contributed by atoms with van der Waals surface area (Å²) in [4.78, 5) is 27.3. The maximum atomic E-state index is 13.8. The van der Waals surface area contributed by atoms with Crippen LogP contribution >= 0.6 is 0 Å². The van der Waals surface area contributed by atoms with Crippen LogP contribution in [0.15, 0.2) is 45.7 Å². The van der Waals surface area contributed by atoms with Gasteiger partial charge in [0.15, 0.2) is 23.1 Å². The minimum atomic E-state index is -4.86. The summed E-state index contributed by atoms with van der Waals surface area (Å²) in [5.74, 6) is -7.78. The van der Waals surface area contributed by atoms with Crippen molar-refractivity contribution >= 4 is 11.7 Å². The molecule has 0 bridgehead atoms. The number of carbonyl (C=O) groups is 1. The van der Waals surface area contributed by atoms with E-state index in [-0.39, 0.29) is 17.2 Å². The van der Waals surface area contributed by atoms with E-state index in [0.29, 0.717) is 22.9 Å². The lowest BCUT2D eigenvalue weighted by atomic mass is 10.2. The first kappa shape index (κ1) is 22.8. The zero-order chi connectivity index (χ0) is 24.8. The highest BCUT2D eigenvalue weighted by atomic mass is 19.4. The Kier molecular flexibility index (Phi) is 5.46. The molecule has 0 aliphatic rings. The molecule has 1 amide bonds. The number of benzene rings is 1. The lowest BCUT2D eigenvalue weighted by Crippen LogP contribution is -2.16. The molecule has 3 heterocycles. The third-order valence-electron chi connectivity index (χ3n) is 4.42. The Hall–Kier alpha value is -4.43. The van der Waals surface area contributed by atoms with Gasteiger partial charge in [0.2, 0.25) is 0 Å². The van der Waals surface area contributed by atoms with Crippen molar-refractivity contribution in [2.45, 2.75) is 6.18 Å². The molecule has 176 valence electrons. The van der Waals surface area contributed by atoms with Gasteiger partial charge in [0, 0.05) is 13.1 Å². The lowest BCUT2D eigenvalue weighted by Gasteiger charge is -2.11. The Bertz CT molecular complexity index is 1450. The smallest absolute Gasteiger partial charge is 0.386 e. The first-order chi connectivity index (χ1) is 16.0. The summed E-state index contributed by atoms with van der Waals surface area (Å²) in [5, 5.41) is 9.54. The number of hydrogen-bond acceptors (Lipinski definition) is 6. The molecule has 4 rings (SSSR count). The fraction of sp³-hybridized carbons (Fsp3) is 0.105. The van der Waals surface area contributed by atoms with E-state index >= 15 is 0 Å². The van der Waals surface area contributed by atoms with Gasteiger partial charge in [-0.3, -0.25) is 4.79 Å². The first-order valence-corrected chi connectivity index (χ1v) is 9.08. The molecule has 3 aromatic heterocycles. The van der Waals surface area contributed by atoms with Gasteiger partial charge < -0.3 is 9.73 Å². The minimum Gasteiger partial charge on any atom is -0.386 e. The third-order valence-corrected chi connectivity index (χ3v) is 4.42. The molecule has 1 N–H and O–H groups in total. The van der Waals surface area contributed by atoms with Crippen molar-refractivity contribution < 1.29 is 35.6 Å². The molecule has 0 saturated heterocycles. The van der Waals surface area contributed by atoms with Gasteiger partial charge in [0.25, 0.3) is 11.8 Å². The van der Waals surface area contributed by atoms with Crippen LogP contribution in [0.2, 0.25) is 0 Å². The number of halogens is 6. The summed E-state index contributed by atoms with van der Waals surface area (Å²) >= 11 is 0. The summed E-state index contributed by atoms with van der Waals surface area (Å²) in [6.45, 7) is 0. The van der Waals surface area contributed by atoms with E-state index in [4.69, 9.17) is 4.42 Å². The second-order valence-corrected chi connectivity index (χ2v) is 6.70. The molecule has 1 aromatic carbocycles. The Morgan fingerprint density at radius 1 is 1.06 bits per heavy atom. The molecule has 0 aliphatic carbocycles. The van der Waals surface area contributed by atoms with Crippen molar-refractivity contribution in [1.82, 2.24) is 24.5 Å². The van der Waals surface area contributed by atoms with Crippen LogP contribution in [0, 0.1) is 17.5 Å². The fourth-order valence-electron chi connectivity index (χ4n) is 2.80. The largest absolute Gasteiger partial charge is 0.437 e. The molecule has 0 fully saturated rings. The van der Waals surface area contributed by atoms with Crippen molar-refractivity contribution in [2.75, 3.05) is 5.32 Å². The molecule has 0 aliphatic heterocycles. The quantitative estimate of drug-likeness (QED) is 0.352. The third kappa shape index (κ3) is 4.14. The van der Waals surface area contributed by atoms with E-state index in [0.717, 1.165) is 23.0 Å². The molecular weight excluding hydrogens is 474 g/mol. The normalized spacial score (nSPS) is 11.6. The molecule has 0 radical (unpaired) electrons. The number of rotatable bonds is 4. The number of amides is 1. The Morgan fingerprint density at radius 3 is 2.38 bits per heavy atom. The molecule has 9 nitrogen and oxygen atoms in total. The average Bonchev–Trinajstić information content (AvgIpc) is 3.36. The van der Waals surface area contributed by atoms with Gasteiger partial charge >= 0.3 is 11.9 Å². The molecular formula is C19H10F6N6O3. The van der Waals surface area contributed by atoms with Gasteiger partial charge in [-0.1, -0.05) is 0 Å². The van der Waals surface area contributed by atoms with E-state index in [1.165, 1.54) is 7.05 Å². The van der Waals surface area contributed by atoms with Crippen molar-refractivity contribution in [3.05, 3.63) is 75.8 Å². The zero-order valence-electron chi connectivity index (χ0n) is 16.7. The standard InChI is InChI=1S/C19H10F6N6O3/c1-30-18(33)34-17(29-30)11-6-12(19(23,24)25)31(28-11)8-2-5-13(26-7-8)27-16(32)9-3-4-10(20)15(22)14(9)21/h2-7H,1H3,(H,26,27,32). The van der Waals surface area contributed by atoms with Crippen LogP contribution in [-0.2, 0) is 13.2 Å². The summed E-state index contributed by atoms with van der Waals surface area (Å²) < 4.78 is 86.8. The Morgan fingerprint density at radius 2 is 1.79 bits per heavy atom. The molecule has 0 atom stereocenters. The number of carbonyl (C=O) groups excluding carboxylic acids is 1. The van der Waals surface area contributed by atoms with Crippen molar-refractivity contribution in [2.24, 2.45) is 7.05 Å². The number of anilines is 1. The summed E-state index contributed by atoms with van der Waals surface area (Å²) in [6.07, 6.45) is -3.95. The van der Waals surface area contributed by atoms with Gasteiger partial charge in [-0.05, 0) is 24.3 Å². The van der Waals surface area contributed by atoms with Crippen LogP contribution in [0.1, 0.15) is 16.1 Å². The molecule has 0 unspecified atom stereocenters. The van der Waals surface area contributed by atoms with E-state index in [1.54, 1.807) is 0 Å². The fourth-order valence-corrected chi connectivity index (χ4v) is 2.80. The summed E-state index contributed by atoms with van der Waals surface area (Å²) in [5.41, 5.74) is -2.62. The van der Waals surface area contributed by atoms with E-state index in [9.17, 15) is 35.9 Å². The van der Waals surface area contributed by atoms with Gasteiger partial charge in [0.1, 0.15) is 11.5 Å². The van der Waals surface area contributed by atoms with E-state index < -0.39 is 52.4 Å². The molecule has 0 saturated carbocycles. The number of nitrogens with zero attached hydrogens (tertiary/aromatic N) is 5. The number of pyridine rings is 1. The second kappa shape index (κ2) is 8.17. The highest BCUT2D eigenvalue weighted by Gasteiger charge is 2.37. The maximum absolute atomic E-state index is 13.8. The SMILES string of the molecule is Cn1nc(-c2cc(C(F)(F)F)n(-c3ccc(NC(=O)c4ccc(F)c(F)c4F)nc3)n2)oc1=O. The zero-order valence-corrected chi connectivity index (χ0v) is 16.7. The van der Waals surface area contributed by atoms with E-state index in [2.05, 4.69) is 20.5 Å². The van der Waals surface area contributed by atoms with Crippen LogP contribution < -0.4 is 11.1 Å². The average molecular weight is 484 g/mol. The number of alkyl halides is 3. The predicted molar refractivity (Wildman–Crippen MR) is 101 cm³/mol. The summed E-state index contributed by atoms with van der Waals surface area (Å²) in [7, 11) is 1.24. The maximum Gasteiger partial charge on any atom is 0.437 e. The number of nitrogens with one attached hydrogen (secondary N) is 1. The molecule has 34 heavy (non-hydrogen) atoms. The van der Waals surface area contributed by atoms with Gasteiger partial charge in [-0.25, -0.2) is 27.6 Å². The van der Waals surface area contributed by atoms with Gasteiger partial charge in [-0.2, -0.15) is 23.0 Å². The monoisotopic (exact) mass is 484 g/mol. The number of aromatic nitrogens is 5. The molecule has 4 aromatic rings. The number of hydrogen-bond donors (Lipinski definition) is 1. The van der Waals surface area contributed by atoms with Crippen LogP contribution in [0.25, 0.3) is 17.3 Å². The topological polar surface area (TPSA) is 108 Å².